The van der Waals surface area contributed by atoms with E-state index in [2.05, 4.69) is 23.3 Å². The van der Waals surface area contributed by atoms with Gasteiger partial charge in [-0.1, -0.05) is 25.1 Å². The molecule has 2 N–H and O–H groups in total. The Morgan fingerprint density at radius 2 is 2.33 bits per heavy atom. The highest BCUT2D eigenvalue weighted by molar-refractivity contribution is 6.04. The van der Waals surface area contributed by atoms with Crippen molar-refractivity contribution in [2.75, 3.05) is 0 Å². The molecule has 0 aliphatic heterocycles. The van der Waals surface area contributed by atoms with Gasteiger partial charge in [-0.3, -0.25) is 4.79 Å². The number of hydrogen-bond acceptors (Lipinski definition) is 2. The molecule has 0 spiro atoms. The lowest BCUT2D eigenvalue weighted by atomic mass is 10.1. The van der Waals surface area contributed by atoms with Crippen molar-refractivity contribution in [2.24, 2.45) is 0 Å². The van der Waals surface area contributed by atoms with E-state index in [9.17, 15) is 10.1 Å². The number of H-pyrrole nitrogens is 1. The summed E-state index contributed by atoms with van der Waals surface area (Å²) in [4.78, 5) is 15.2. The van der Waals surface area contributed by atoms with E-state index in [0.717, 1.165) is 35.7 Å². The van der Waals surface area contributed by atoms with Crippen LogP contribution in [-0.4, -0.2) is 16.9 Å². The van der Waals surface area contributed by atoms with Crippen LogP contribution < -0.4 is 5.32 Å². The van der Waals surface area contributed by atoms with Crippen LogP contribution in [0.2, 0.25) is 0 Å². The Hall–Kier alpha value is -2.54. The lowest BCUT2D eigenvalue weighted by molar-refractivity contribution is -0.117. The molecule has 0 radical (unpaired) electrons. The Labute approximate surface area is 123 Å². The van der Waals surface area contributed by atoms with Crippen molar-refractivity contribution >= 4 is 22.9 Å². The summed E-state index contributed by atoms with van der Waals surface area (Å²) in [5.74, 6) is -0.277. The van der Waals surface area contributed by atoms with Crippen molar-refractivity contribution in [3.8, 4) is 6.07 Å². The standard InChI is InChI=1S/C17H17N3O/c1-2-11-4-3-5-15-13(10-19-16(11)15)8-12(9-18)17(21)20-14-6-7-14/h3-5,8,10,14,19H,2,6-7H2,1H3,(H,20,21)/b12-8+. The van der Waals surface area contributed by atoms with Crippen molar-refractivity contribution in [1.82, 2.24) is 10.3 Å². The average Bonchev–Trinajstić information content (AvgIpc) is 3.22. The lowest BCUT2D eigenvalue weighted by Crippen LogP contribution is -2.26. The molecule has 106 valence electrons. The Bertz CT molecular complexity index is 760. The van der Waals surface area contributed by atoms with E-state index in [1.165, 1.54) is 5.56 Å². The summed E-state index contributed by atoms with van der Waals surface area (Å²) in [6, 6.07) is 8.34. The minimum atomic E-state index is -0.277. The molecule has 1 aromatic heterocycles. The van der Waals surface area contributed by atoms with Gasteiger partial charge in [0.1, 0.15) is 11.6 Å². The van der Waals surface area contributed by atoms with E-state index in [1.54, 1.807) is 6.08 Å². The number of nitrogens with zero attached hydrogens (tertiary/aromatic N) is 1. The van der Waals surface area contributed by atoms with Crippen LogP contribution in [0.25, 0.3) is 17.0 Å². The van der Waals surface area contributed by atoms with E-state index < -0.39 is 0 Å². The monoisotopic (exact) mass is 279 g/mol. The first kappa shape index (κ1) is 13.4. The fourth-order valence-electron chi connectivity index (χ4n) is 2.45. The molecule has 0 saturated heterocycles. The average molecular weight is 279 g/mol. The highest BCUT2D eigenvalue weighted by Gasteiger charge is 2.24. The predicted molar refractivity (Wildman–Crippen MR) is 82.4 cm³/mol. The molecule has 4 heteroatoms. The summed E-state index contributed by atoms with van der Waals surface area (Å²) >= 11 is 0. The number of aromatic amines is 1. The third kappa shape index (κ3) is 2.68. The van der Waals surface area contributed by atoms with Crippen molar-refractivity contribution < 1.29 is 4.79 Å². The summed E-state index contributed by atoms with van der Waals surface area (Å²) in [6.07, 6.45) is 6.48. The maximum atomic E-state index is 12.0. The molecule has 1 amide bonds. The number of nitriles is 1. The van der Waals surface area contributed by atoms with Gasteiger partial charge >= 0.3 is 0 Å². The number of rotatable bonds is 4. The van der Waals surface area contributed by atoms with Gasteiger partial charge in [-0.25, -0.2) is 0 Å². The third-order valence-corrected chi connectivity index (χ3v) is 3.79. The number of benzene rings is 1. The molecule has 1 aromatic carbocycles. The number of carbonyl (C=O) groups is 1. The first-order valence-corrected chi connectivity index (χ1v) is 7.24. The van der Waals surface area contributed by atoms with Crippen LogP contribution in [0, 0.1) is 11.3 Å². The van der Waals surface area contributed by atoms with Crippen molar-refractivity contribution in [3.63, 3.8) is 0 Å². The second-order valence-corrected chi connectivity index (χ2v) is 5.35. The minimum absolute atomic E-state index is 0.157. The largest absolute Gasteiger partial charge is 0.360 e. The molecular formula is C17H17N3O. The molecule has 0 atom stereocenters. The van der Waals surface area contributed by atoms with Gasteiger partial charge in [-0.05, 0) is 30.9 Å². The highest BCUT2D eigenvalue weighted by Crippen LogP contribution is 2.24. The van der Waals surface area contributed by atoms with Gasteiger partial charge in [0.05, 0.1) is 0 Å². The number of para-hydroxylation sites is 1. The zero-order valence-electron chi connectivity index (χ0n) is 11.9. The molecule has 1 heterocycles. The second-order valence-electron chi connectivity index (χ2n) is 5.35. The van der Waals surface area contributed by atoms with E-state index in [1.807, 2.05) is 24.4 Å². The van der Waals surface area contributed by atoms with E-state index >= 15 is 0 Å². The number of fused-ring (bicyclic) bond motifs is 1. The molecule has 0 unspecified atom stereocenters. The summed E-state index contributed by atoms with van der Waals surface area (Å²) in [6.45, 7) is 2.11. The maximum Gasteiger partial charge on any atom is 0.262 e. The second kappa shape index (κ2) is 5.45. The smallest absolute Gasteiger partial charge is 0.262 e. The molecule has 4 nitrogen and oxygen atoms in total. The normalized spacial score (nSPS) is 15.0. The Kier molecular flexibility index (Phi) is 3.49. The highest BCUT2D eigenvalue weighted by atomic mass is 16.1. The number of aromatic nitrogens is 1. The van der Waals surface area contributed by atoms with Gasteiger partial charge in [0, 0.05) is 28.7 Å². The zero-order chi connectivity index (χ0) is 14.8. The van der Waals surface area contributed by atoms with Crippen LogP contribution in [0.15, 0.2) is 30.0 Å². The number of hydrogen-bond donors (Lipinski definition) is 2. The van der Waals surface area contributed by atoms with E-state index in [4.69, 9.17) is 0 Å². The molecule has 0 bridgehead atoms. The molecule has 1 fully saturated rings. The van der Waals surface area contributed by atoms with Crippen molar-refractivity contribution in [3.05, 3.63) is 41.1 Å². The van der Waals surface area contributed by atoms with Crippen molar-refractivity contribution in [2.45, 2.75) is 32.2 Å². The molecule has 2 aromatic rings. The topological polar surface area (TPSA) is 68.7 Å². The van der Waals surface area contributed by atoms with Gasteiger partial charge < -0.3 is 10.3 Å². The predicted octanol–water partition coefficient (Wildman–Crippen LogP) is 2.92. The quantitative estimate of drug-likeness (QED) is 0.667. The number of carbonyl (C=O) groups excluding carboxylic acids is 1. The summed E-state index contributed by atoms with van der Waals surface area (Å²) in [5, 5.41) is 13.1. The lowest BCUT2D eigenvalue weighted by Gasteiger charge is -2.01. The van der Waals surface area contributed by atoms with Crippen molar-refractivity contribution in [1.29, 1.82) is 5.26 Å². The van der Waals surface area contributed by atoms with Crippen LogP contribution in [0.1, 0.15) is 30.9 Å². The SMILES string of the molecule is CCc1cccc2c(/C=C(\C#N)C(=O)NC3CC3)c[nH]c12. The van der Waals surface area contributed by atoms with Gasteiger partial charge in [0.2, 0.25) is 0 Å². The van der Waals surface area contributed by atoms with Crippen LogP contribution in [0.4, 0.5) is 0 Å². The first-order chi connectivity index (χ1) is 10.2. The van der Waals surface area contributed by atoms with Crippen LogP contribution >= 0.6 is 0 Å². The van der Waals surface area contributed by atoms with Gasteiger partial charge in [0.15, 0.2) is 0 Å². The van der Waals surface area contributed by atoms with Gasteiger partial charge in [0.25, 0.3) is 5.91 Å². The Balaban J connectivity index is 1.97. The number of amides is 1. The Morgan fingerprint density at radius 1 is 1.52 bits per heavy atom. The summed E-state index contributed by atoms with van der Waals surface area (Å²) < 4.78 is 0. The van der Waals surface area contributed by atoms with Gasteiger partial charge in [-0.2, -0.15) is 5.26 Å². The fraction of sp³-hybridized carbons (Fsp3) is 0.294. The molecule has 21 heavy (non-hydrogen) atoms. The summed E-state index contributed by atoms with van der Waals surface area (Å²) in [7, 11) is 0. The zero-order valence-corrected chi connectivity index (χ0v) is 11.9. The maximum absolute atomic E-state index is 12.0. The first-order valence-electron chi connectivity index (χ1n) is 7.24. The molecule has 1 aliphatic carbocycles. The number of aryl methyl sites for hydroxylation is 1. The van der Waals surface area contributed by atoms with E-state index in [-0.39, 0.29) is 17.5 Å². The van der Waals surface area contributed by atoms with Crippen LogP contribution in [0.5, 0.6) is 0 Å². The molecule has 3 rings (SSSR count). The van der Waals surface area contributed by atoms with Gasteiger partial charge in [-0.15, -0.1) is 0 Å². The van der Waals surface area contributed by atoms with Crippen LogP contribution in [0.3, 0.4) is 0 Å². The number of nitrogens with one attached hydrogen (secondary N) is 2. The van der Waals surface area contributed by atoms with Crippen LogP contribution in [-0.2, 0) is 11.2 Å². The molecular weight excluding hydrogens is 262 g/mol. The third-order valence-electron chi connectivity index (χ3n) is 3.79. The van der Waals surface area contributed by atoms with E-state index in [0.29, 0.717) is 0 Å². The Morgan fingerprint density at radius 3 is 3.00 bits per heavy atom. The molecule has 1 aliphatic rings. The fourth-order valence-corrected chi connectivity index (χ4v) is 2.45. The molecule has 1 saturated carbocycles. The summed E-state index contributed by atoms with van der Waals surface area (Å²) in [5.41, 5.74) is 3.34. The minimum Gasteiger partial charge on any atom is -0.360 e.